The van der Waals surface area contributed by atoms with Gasteiger partial charge in [-0.2, -0.15) is 0 Å². The van der Waals surface area contributed by atoms with Crippen molar-refractivity contribution in [2.75, 3.05) is 17.8 Å². The van der Waals surface area contributed by atoms with Gasteiger partial charge in [0.2, 0.25) is 0 Å². The fourth-order valence-corrected chi connectivity index (χ4v) is 4.17. The van der Waals surface area contributed by atoms with E-state index < -0.39 is 10.0 Å². The number of nitrogens with one attached hydrogen (secondary N) is 2. The van der Waals surface area contributed by atoms with E-state index in [1.54, 1.807) is 17.0 Å². The molecule has 156 valence electrons. The maximum absolute atomic E-state index is 12.6. The molecule has 4 rings (SSSR count). The minimum atomic E-state index is -3.89. The van der Waals surface area contributed by atoms with Gasteiger partial charge < -0.3 is 14.3 Å². The number of amides is 1. The van der Waals surface area contributed by atoms with E-state index in [1.165, 1.54) is 31.3 Å². The molecule has 0 spiro atoms. The van der Waals surface area contributed by atoms with E-state index >= 15 is 0 Å². The van der Waals surface area contributed by atoms with Gasteiger partial charge in [-0.1, -0.05) is 0 Å². The van der Waals surface area contributed by atoms with Gasteiger partial charge in [0.25, 0.3) is 15.9 Å². The summed E-state index contributed by atoms with van der Waals surface area (Å²) in [5, 5.41) is 7.62. The fourth-order valence-electron chi connectivity index (χ4n) is 3.11. The van der Waals surface area contributed by atoms with Crippen molar-refractivity contribution >= 4 is 27.4 Å². The number of sulfonamides is 1. The summed E-state index contributed by atoms with van der Waals surface area (Å²) in [5.74, 6) is -0.553. The molecule has 1 fully saturated rings. The number of carbonyl (C=O) groups excluding carboxylic acids is 2. The molecule has 3 aromatic rings. The molecule has 0 unspecified atom stereocenters. The Hall–Kier alpha value is -3.47. The summed E-state index contributed by atoms with van der Waals surface area (Å²) < 4.78 is 33.1. The summed E-state index contributed by atoms with van der Waals surface area (Å²) in [5.41, 5.74) is 1.08. The quantitative estimate of drug-likeness (QED) is 0.573. The lowest BCUT2D eigenvalue weighted by Gasteiger charge is -2.11. The zero-order chi connectivity index (χ0) is 21.3. The number of carbonyl (C=O) groups is 2. The van der Waals surface area contributed by atoms with E-state index in [4.69, 9.17) is 4.42 Å². The lowest BCUT2D eigenvalue weighted by molar-refractivity contribution is 0.0753. The van der Waals surface area contributed by atoms with Gasteiger partial charge in [0.1, 0.15) is 10.6 Å². The Labute approximate surface area is 172 Å². The molecule has 3 heterocycles. The Balaban J connectivity index is 1.50. The van der Waals surface area contributed by atoms with Crippen LogP contribution in [0.5, 0.6) is 0 Å². The topological polar surface area (TPSA) is 138 Å². The first-order valence-electron chi connectivity index (χ1n) is 9.29. The largest absolute Gasteiger partial charge is 0.411 e. The Morgan fingerprint density at radius 3 is 2.50 bits per heavy atom. The van der Waals surface area contributed by atoms with Crippen LogP contribution in [0.2, 0.25) is 0 Å². The number of benzene rings is 1. The van der Waals surface area contributed by atoms with Crippen LogP contribution < -0.4 is 4.72 Å². The van der Waals surface area contributed by atoms with Gasteiger partial charge in [-0.15, -0.1) is 10.2 Å². The molecule has 0 saturated carbocycles. The fraction of sp³-hybridized carbons (Fsp3) is 0.263. The van der Waals surface area contributed by atoms with Crippen LogP contribution in [0.25, 0.3) is 11.6 Å². The van der Waals surface area contributed by atoms with E-state index in [9.17, 15) is 18.0 Å². The highest BCUT2D eigenvalue weighted by atomic mass is 32.2. The van der Waals surface area contributed by atoms with Crippen molar-refractivity contribution in [2.24, 2.45) is 0 Å². The zero-order valence-corrected chi connectivity index (χ0v) is 16.9. The molecule has 0 atom stereocenters. The molecule has 11 heteroatoms. The summed E-state index contributed by atoms with van der Waals surface area (Å²) in [6.45, 7) is 2.74. The minimum Gasteiger partial charge on any atom is -0.411 e. The molecule has 1 aliphatic heterocycles. The number of rotatable bonds is 6. The third-order valence-electron chi connectivity index (χ3n) is 4.74. The predicted molar refractivity (Wildman–Crippen MR) is 106 cm³/mol. The number of Topliss-reactive ketones (excluding diaryl/α,β-unsaturated/α-hetero) is 1. The number of H-pyrrole nitrogens is 1. The Kier molecular flexibility index (Phi) is 5.12. The molecule has 1 aromatic carbocycles. The Bertz CT molecular complexity index is 1190. The van der Waals surface area contributed by atoms with Gasteiger partial charge in [0.05, 0.1) is 0 Å². The summed E-state index contributed by atoms with van der Waals surface area (Å²) in [4.78, 5) is 28.0. The third-order valence-corrected chi connectivity index (χ3v) is 6.10. The van der Waals surface area contributed by atoms with Crippen LogP contribution in [-0.4, -0.2) is 53.3 Å². The summed E-state index contributed by atoms with van der Waals surface area (Å²) in [7, 11) is -3.89. The highest BCUT2D eigenvalue weighted by molar-refractivity contribution is 7.92. The van der Waals surface area contributed by atoms with E-state index in [1.807, 2.05) is 0 Å². The number of likely N-dealkylation sites (tertiary alicyclic amines) is 1. The molecule has 1 saturated heterocycles. The SMILES string of the molecule is CC(=O)c1ccc(NS(=O)(=O)c2c[nH]c(-c3nnc(C(=O)N4CCCC4)o3)c2)cc1. The van der Waals surface area contributed by atoms with Gasteiger partial charge in [0, 0.05) is 30.5 Å². The Morgan fingerprint density at radius 2 is 1.83 bits per heavy atom. The van der Waals surface area contributed by atoms with E-state index in [2.05, 4.69) is 19.9 Å². The van der Waals surface area contributed by atoms with Gasteiger partial charge in [-0.25, -0.2) is 8.42 Å². The van der Waals surface area contributed by atoms with E-state index in [0.29, 0.717) is 24.3 Å². The maximum atomic E-state index is 12.6. The summed E-state index contributed by atoms with van der Waals surface area (Å²) in [6, 6.07) is 7.44. The van der Waals surface area contributed by atoms with Crippen LogP contribution >= 0.6 is 0 Å². The van der Waals surface area contributed by atoms with E-state index in [-0.39, 0.29) is 34.1 Å². The first kappa shape index (κ1) is 19.8. The second-order valence-corrected chi connectivity index (χ2v) is 8.58. The van der Waals surface area contributed by atoms with Crippen LogP contribution in [-0.2, 0) is 10.0 Å². The molecule has 30 heavy (non-hydrogen) atoms. The third kappa shape index (κ3) is 3.96. The van der Waals surface area contributed by atoms with Crippen molar-refractivity contribution in [2.45, 2.75) is 24.7 Å². The van der Waals surface area contributed by atoms with Crippen molar-refractivity contribution in [1.29, 1.82) is 0 Å². The maximum Gasteiger partial charge on any atom is 0.311 e. The smallest absolute Gasteiger partial charge is 0.311 e. The molecule has 2 aromatic heterocycles. The summed E-state index contributed by atoms with van der Waals surface area (Å²) in [6.07, 6.45) is 3.16. The van der Waals surface area contributed by atoms with Crippen molar-refractivity contribution < 1.29 is 22.4 Å². The van der Waals surface area contributed by atoms with E-state index in [0.717, 1.165) is 12.8 Å². The van der Waals surface area contributed by atoms with Crippen LogP contribution in [0, 0.1) is 0 Å². The van der Waals surface area contributed by atoms with Gasteiger partial charge in [-0.05, 0) is 50.1 Å². The average molecular weight is 429 g/mol. The first-order chi connectivity index (χ1) is 14.3. The Morgan fingerprint density at radius 1 is 1.13 bits per heavy atom. The van der Waals surface area contributed by atoms with Crippen molar-refractivity contribution in [3.63, 3.8) is 0 Å². The van der Waals surface area contributed by atoms with Crippen molar-refractivity contribution in [3.8, 4) is 11.6 Å². The first-order valence-corrected chi connectivity index (χ1v) is 10.8. The monoisotopic (exact) mass is 429 g/mol. The minimum absolute atomic E-state index is 0.0183. The molecule has 1 aliphatic rings. The molecule has 0 radical (unpaired) electrons. The number of nitrogens with zero attached hydrogens (tertiary/aromatic N) is 3. The number of anilines is 1. The normalized spacial score (nSPS) is 14.1. The summed E-state index contributed by atoms with van der Waals surface area (Å²) >= 11 is 0. The highest BCUT2D eigenvalue weighted by Gasteiger charge is 2.26. The number of hydrogen-bond acceptors (Lipinski definition) is 7. The van der Waals surface area contributed by atoms with Gasteiger partial charge in [-0.3, -0.25) is 14.3 Å². The number of aromatic amines is 1. The van der Waals surface area contributed by atoms with Crippen LogP contribution in [0.3, 0.4) is 0 Å². The molecule has 1 amide bonds. The molecular formula is C19H19N5O5S. The second-order valence-electron chi connectivity index (χ2n) is 6.90. The van der Waals surface area contributed by atoms with Crippen molar-refractivity contribution in [3.05, 3.63) is 48.0 Å². The number of aromatic nitrogens is 3. The van der Waals surface area contributed by atoms with Gasteiger partial charge >= 0.3 is 11.8 Å². The zero-order valence-electron chi connectivity index (χ0n) is 16.1. The molecular weight excluding hydrogens is 410 g/mol. The number of ketones is 1. The van der Waals surface area contributed by atoms with Crippen LogP contribution in [0.1, 0.15) is 40.8 Å². The van der Waals surface area contributed by atoms with Crippen LogP contribution in [0.15, 0.2) is 45.8 Å². The standard InChI is InChI=1S/C19H19N5O5S/c1-12(25)13-4-6-14(7-5-13)23-30(27,28)15-10-16(20-11-15)17-21-22-18(29-17)19(26)24-8-2-3-9-24/h4-7,10-11,20,23H,2-3,8-9H2,1H3. The molecule has 0 aliphatic carbocycles. The van der Waals surface area contributed by atoms with Crippen LogP contribution in [0.4, 0.5) is 5.69 Å². The number of hydrogen-bond donors (Lipinski definition) is 2. The lowest BCUT2D eigenvalue weighted by atomic mass is 10.1. The van der Waals surface area contributed by atoms with Crippen molar-refractivity contribution in [1.82, 2.24) is 20.1 Å². The second kappa shape index (κ2) is 7.75. The molecule has 2 N–H and O–H groups in total. The molecule has 10 nitrogen and oxygen atoms in total. The molecule has 0 bridgehead atoms. The highest BCUT2D eigenvalue weighted by Crippen LogP contribution is 2.23. The average Bonchev–Trinajstić information content (AvgIpc) is 3.49. The lowest BCUT2D eigenvalue weighted by Crippen LogP contribution is -2.27. The van der Waals surface area contributed by atoms with Gasteiger partial charge in [0.15, 0.2) is 5.78 Å². The predicted octanol–water partition coefficient (Wildman–Crippen LogP) is 2.30.